The second-order valence-electron chi connectivity index (χ2n) is 5.00. The number of aromatic carboxylic acids is 1. The van der Waals surface area contributed by atoms with Crippen LogP contribution in [0.15, 0.2) is 10.2 Å². The lowest BCUT2D eigenvalue weighted by molar-refractivity contribution is 0.0696. The maximum absolute atomic E-state index is 14.5. The van der Waals surface area contributed by atoms with Crippen molar-refractivity contribution in [1.29, 1.82) is 0 Å². The number of fused-ring (bicyclic) bond motifs is 1. The van der Waals surface area contributed by atoms with Crippen LogP contribution in [0.1, 0.15) is 28.8 Å². The first-order valence-corrected chi connectivity index (χ1v) is 6.84. The van der Waals surface area contributed by atoms with Crippen molar-refractivity contribution in [3.8, 4) is 5.75 Å². The molecule has 0 bridgehead atoms. The average Bonchev–Trinajstić information content (AvgIpc) is 3.14. The molecule has 2 aromatic rings. The summed E-state index contributed by atoms with van der Waals surface area (Å²) in [7, 11) is 0. The zero-order chi connectivity index (χ0) is 15.5. The highest BCUT2D eigenvalue weighted by molar-refractivity contribution is 7.16. The molecule has 0 aliphatic heterocycles. The molecule has 0 amide bonds. The second kappa shape index (κ2) is 4.22. The number of carboxylic acids is 1. The molecule has 0 atom stereocenters. The summed E-state index contributed by atoms with van der Waals surface area (Å²) in [5.74, 6) is -4.89. The summed E-state index contributed by atoms with van der Waals surface area (Å²) in [5, 5.41) is 19.0. The first-order valence-electron chi connectivity index (χ1n) is 5.96. The summed E-state index contributed by atoms with van der Waals surface area (Å²) in [5.41, 5.74) is 2.38. The standard InChI is InChI=1S/C13H9F2NO4S/c14-7-6(13(16)1-2-13)8(15)11-5(10(7)18)9(17)4(3-21-11)12(19)20/h3,18H,1-2,16H2,(H,19,20). The fourth-order valence-corrected chi connectivity index (χ4v) is 3.21. The largest absolute Gasteiger partial charge is 0.504 e. The molecule has 0 unspecified atom stereocenters. The van der Waals surface area contributed by atoms with Crippen molar-refractivity contribution in [2.75, 3.05) is 0 Å². The van der Waals surface area contributed by atoms with Gasteiger partial charge in [0.25, 0.3) is 0 Å². The van der Waals surface area contributed by atoms with Gasteiger partial charge in [0.05, 0.1) is 10.1 Å². The van der Waals surface area contributed by atoms with E-state index in [-0.39, 0.29) is 4.70 Å². The van der Waals surface area contributed by atoms with Crippen molar-refractivity contribution in [2.24, 2.45) is 5.73 Å². The summed E-state index contributed by atoms with van der Waals surface area (Å²) in [6.07, 6.45) is 0.738. The van der Waals surface area contributed by atoms with Gasteiger partial charge in [-0.25, -0.2) is 13.6 Å². The zero-order valence-electron chi connectivity index (χ0n) is 10.4. The van der Waals surface area contributed by atoms with Crippen LogP contribution in [0.5, 0.6) is 5.75 Å². The molecule has 21 heavy (non-hydrogen) atoms. The Morgan fingerprint density at radius 3 is 2.48 bits per heavy atom. The van der Waals surface area contributed by atoms with Crippen molar-refractivity contribution < 1.29 is 23.8 Å². The molecule has 0 spiro atoms. The molecule has 0 radical (unpaired) electrons. The van der Waals surface area contributed by atoms with Crippen molar-refractivity contribution in [2.45, 2.75) is 18.4 Å². The van der Waals surface area contributed by atoms with Gasteiger partial charge in [-0.1, -0.05) is 0 Å². The van der Waals surface area contributed by atoms with Crippen molar-refractivity contribution >= 4 is 27.4 Å². The van der Waals surface area contributed by atoms with E-state index in [4.69, 9.17) is 10.8 Å². The Kier molecular flexibility index (Phi) is 2.79. The van der Waals surface area contributed by atoms with Crippen LogP contribution < -0.4 is 11.2 Å². The molecule has 110 valence electrons. The third-order valence-electron chi connectivity index (χ3n) is 3.59. The number of nitrogens with two attached hydrogens (primary N) is 1. The lowest BCUT2D eigenvalue weighted by atomic mass is 10.0. The van der Waals surface area contributed by atoms with Gasteiger partial charge >= 0.3 is 5.97 Å². The summed E-state index contributed by atoms with van der Waals surface area (Å²) in [6, 6.07) is 0. The SMILES string of the molecule is NC1(c2c(F)c(O)c3c(=O)c(C(=O)O)csc3c2F)CC1. The van der Waals surface area contributed by atoms with E-state index in [1.807, 2.05) is 0 Å². The molecule has 0 saturated heterocycles. The fourth-order valence-electron chi connectivity index (χ4n) is 2.25. The van der Waals surface area contributed by atoms with Crippen molar-refractivity contribution in [3.05, 3.63) is 38.4 Å². The average molecular weight is 313 g/mol. The first-order chi connectivity index (χ1) is 9.78. The van der Waals surface area contributed by atoms with Crippen LogP contribution in [-0.2, 0) is 5.54 Å². The molecule has 1 aromatic heterocycles. The Morgan fingerprint density at radius 1 is 1.33 bits per heavy atom. The molecule has 1 saturated carbocycles. The summed E-state index contributed by atoms with van der Waals surface area (Å²) in [4.78, 5) is 22.9. The Bertz CT molecular complexity index is 858. The van der Waals surface area contributed by atoms with Crippen LogP contribution in [0.25, 0.3) is 10.1 Å². The first kappa shape index (κ1) is 13.9. The Labute approximate surface area is 120 Å². The van der Waals surface area contributed by atoms with E-state index in [9.17, 15) is 23.5 Å². The summed E-state index contributed by atoms with van der Waals surface area (Å²) >= 11 is 0.616. The van der Waals surface area contributed by atoms with Crippen LogP contribution in [0.2, 0.25) is 0 Å². The predicted molar refractivity (Wildman–Crippen MR) is 71.7 cm³/mol. The number of hydrogen-bond donors (Lipinski definition) is 3. The van der Waals surface area contributed by atoms with Crippen LogP contribution in [0, 0.1) is 11.6 Å². The smallest absolute Gasteiger partial charge is 0.340 e. The van der Waals surface area contributed by atoms with E-state index >= 15 is 0 Å². The number of carboxylic acid groups (broad SMARTS) is 1. The number of halogens is 2. The van der Waals surface area contributed by atoms with E-state index in [0.717, 1.165) is 5.38 Å². The van der Waals surface area contributed by atoms with E-state index in [0.29, 0.717) is 24.2 Å². The lowest BCUT2D eigenvalue weighted by Gasteiger charge is -2.15. The van der Waals surface area contributed by atoms with E-state index < -0.39 is 50.8 Å². The highest BCUT2D eigenvalue weighted by Crippen LogP contribution is 2.48. The van der Waals surface area contributed by atoms with Crippen molar-refractivity contribution in [1.82, 2.24) is 0 Å². The van der Waals surface area contributed by atoms with Gasteiger partial charge in [0, 0.05) is 16.5 Å². The van der Waals surface area contributed by atoms with Gasteiger partial charge in [-0.3, -0.25) is 4.79 Å². The number of hydrogen-bond acceptors (Lipinski definition) is 5. The maximum Gasteiger partial charge on any atom is 0.340 e. The highest BCUT2D eigenvalue weighted by Gasteiger charge is 2.46. The molecular formula is C13H9F2NO4S. The quantitative estimate of drug-likeness (QED) is 0.786. The maximum atomic E-state index is 14.5. The molecular weight excluding hydrogens is 304 g/mol. The minimum Gasteiger partial charge on any atom is -0.504 e. The van der Waals surface area contributed by atoms with Gasteiger partial charge in [-0.2, -0.15) is 0 Å². The second-order valence-corrected chi connectivity index (χ2v) is 5.88. The van der Waals surface area contributed by atoms with E-state index in [1.165, 1.54) is 0 Å². The molecule has 1 aliphatic rings. The topological polar surface area (TPSA) is 101 Å². The Balaban J connectivity index is 2.48. The molecule has 1 aliphatic carbocycles. The van der Waals surface area contributed by atoms with Gasteiger partial charge in [0.2, 0.25) is 5.43 Å². The number of carbonyl (C=O) groups is 1. The molecule has 1 aromatic carbocycles. The van der Waals surface area contributed by atoms with Crippen LogP contribution >= 0.6 is 11.3 Å². The Morgan fingerprint density at radius 2 is 1.95 bits per heavy atom. The van der Waals surface area contributed by atoms with Crippen LogP contribution in [0.3, 0.4) is 0 Å². The third-order valence-corrected chi connectivity index (χ3v) is 4.57. The molecule has 1 heterocycles. The molecule has 5 nitrogen and oxygen atoms in total. The third kappa shape index (κ3) is 1.83. The number of rotatable bonds is 2. The Hall–Kier alpha value is -2.06. The van der Waals surface area contributed by atoms with E-state index in [2.05, 4.69) is 0 Å². The highest BCUT2D eigenvalue weighted by atomic mass is 32.1. The molecule has 3 rings (SSSR count). The van der Waals surface area contributed by atoms with Gasteiger partial charge < -0.3 is 15.9 Å². The van der Waals surface area contributed by atoms with Gasteiger partial charge in [-0.15, -0.1) is 11.3 Å². The minimum absolute atomic E-state index is 0.296. The molecule has 8 heteroatoms. The monoisotopic (exact) mass is 313 g/mol. The lowest BCUT2D eigenvalue weighted by Crippen LogP contribution is -2.23. The van der Waals surface area contributed by atoms with Crippen LogP contribution in [0.4, 0.5) is 8.78 Å². The van der Waals surface area contributed by atoms with Gasteiger partial charge in [-0.05, 0) is 12.8 Å². The zero-order valence-corrected chi connectivity index (χ0v) is 11.3. The number of benzene rings is 1. The molecule has 1 fully saturated rings. The van der Waals surface area contributed by atoms with Crippen LogP contribution in [-0.4, -0.2) is 16.2 Å². The van der Waals surface area contributed by atoms with E-state index in [1.54, 1.807) is 0 Å². The number of aromatic hydroxyl groups is 1. The number of phenols is 1. The summed E-state index contributed by atoms with van der Waals surface area (Å²) in [6.45, 7) is 0. The fraction of sp³-hybridized carbons (Fsp3) is 0.231. The number of phenolic OH excluding ortho intramolecular Hbond substituents is 1. The van der Waals surface area contributed by atoms with Gasteiger partial charge in [0.15, 0.2) is 11.6 Å². The predicted octanol–water partition coefficient (Wildman–Crippen LogP) is 1.89. The van der Waals surface area contributed by atoms with Gasteiger partial charge in [0.1, 0.15) is 11.4 Å². The van der Waals surface area contributed by atoms with Crippen molar-refractivity contribution in [3.63, 3.8) is 0 Å². The summed E-state index contributed by atoms with van der Waals surface area (Å²) < 4.78 is 28.3. The normalized spacial score (nSPS) is 16.1. The minimum atomic E-state index is -1.53. The molecule has 4 N–H and O–H groups in total.